The molecule has 0 N–H and O–H groups in total. The fourth-order valence-electron chi connectivity index (χ4n) is 2.46. The summed E-state index contributed by atoms with van der Waals surface area (Å²) in [5.74, 6) is 1.16. The molecule has 1 aliphatic carbocycles. The van der Waals surface area contributed by atoms with Gasteiger partial charge in [0.05, 0.1) is 10.6 Å². The number of fused-ring (bicyclic) bond motifs is 1. The first-order valence-electron chi connectivity index (χ1n) is 6.31. The summed E-state index contributed by atoms with van der Waals surface area (Å²) >= 11 is 6.09. The lowest BCUT2D eigenvalue weighted by atomic mass is 10.1. The van der Waals surface area contributed by atoms with Gasteiger partial charge in [-0.15, -0.1) is 0 Å². The standard InChI is InChI=1S/C16H13ClO2/c17-15-6-2-5-13(10-18)16(15)19-14-8-7-11-3-1-4-12(11)9-14/h2,5-10H,1,3-4H2. The molecule has 0 unspecified atom stereocenters. The summed E-state index contributed by atoms with van der Waals surface area (Å²) < 4.78 is 5.79. The summed E-state index contributed by atoms with van der Waals surface area (Å²) in [6, 6.07) is 11.2. The highest BCUT2D eigenvalue weighted by molar-refractivity contribution is 6.32. The zero-order valence-corrected chi connectivity index (χ0v) is 11.1. The molecule has 0 saturated carbocycles. The minimum atomic E-state index is 0.428. The molecule has 0 saturated heterocycles. The van der Waals surface area contributed by atoms with Crippen LogP contribution in [-0.2, 0) is 12.8 Å². The van der Waals surface area contributed by atoms with Crippen molar-refractivity contribution in [1.82, 2.24) is 0 Å². The predicted molar refractivity (Wildman–Crippen MR) is 75.4 cm³/mol. The van der Waals surface area contributed by atoms with E-state index < -0.39 is 0 Å². The molecule has 3 heteroatoms. The minimum absolute atomic E-state index is 0.428. The Morgan fingerprint density at radius 2 is 1.95 bits per heavy atom. The quantitative estimate of drug-likeness (QED) is 0.773. The van der Waals surface area contributed by atoms with Crippen molar-refractivity contribution in [2.75, 3.05) is 0 Å². The maximum absolute atomic E-state index is 11.0. The van der Waals surface area contributed by atoms with E-state index in [1.807, 2.05) is 12.1 Å². The summed E-state index contributed by atoms with van der Waals surface area (Å²) in [4.78, 5) is 11.0. The first-order valence-corrected chi connectivity index (χ1v) is 6.69. The summed E-state index contributed by atoms with van der Waals surface area (Å²) in [5.41, 5.74) is 3.19. The molecule has 0 spiro atoms. The third kappa shape index (κ3) is 2.36. The lowest BCUT2D eigenvalue weighted by Crippen LogP contribution is -1.92. The third-order valence-corrected chi connectivity index (χ3v) is 3.71. The van der Waals surface area contributed by atoms with Crippen LogP contribution in [0.3, 0.4) is 0 Å². The van der Waals surface area contributed by atoms with Crippen molar-refractivity contribution >= 4 is 17.9 Å². The van der Waals surface area contributed by atoms with Crippen LogP contribution in [0, 0.1) is 0 Å². The van der Waals surface area contributed by atoms with Crippen LogP contribution in [0.5, 0.6) is 11.5 Å². The number of aldehydes is 1. The van der Waals surface area contributed by atoms with Crippen molar-refractivity contribution in [2.24, 2.45) is 0 Å². The van der Waals surface area contributed by atoms with Crippen LogP contribution in [0.15, 0.2) is 36.4 Å². The molecule has 0 atom stereocenters. The molecule has 0 aromatic heterocycles. The van der Waals surface area contributed by atoms with E-state index in [-0.39, 0.29) is 0 Å². The number of carbonyl (C=O) groups excluding carboxylic acids is 1. The second-order valence-electron chi connectivity index (χ2n) is 4.66. The number of aryl methyl sites for hydroxylation is 2. The number of hydrogen-bond acceptors (Lipinski definition) is 2. The van der Waals surface area contributed by atoms with Crippen LogP contribution >= 0.6 is 11.6 Å². The fraction of sp³-hybridized carbons (Fsp3) is 0.188. The highest BCUT2D eigenvalue weighted by Gasteiger charge is 2.13. The highest BCUT2D eigenvalue weighted by atomic mass is 35.5. The summed E-state index contributed by atoms with van der Waals surface area (Å²) in [6.45, 7) is 0. The molecule has 0 bridgehead atoms. The third-order valence-electron chi connectivity index (χ3n) is 3.41. The molecule has 19 heavy (non-hydrogen) atoms. The SMILES string of the molecule is O=Cc1cccc(Cl)c1Oc1ccc2c(c1)CCC2. The van der Waals surface area contributed by atoms with Crippen LogP contribution in [0.2, 0.25) is 5.02 Å². The zero-order chi connectivity index (χ0) is 13.2. The minimum Gasteiger partial charge on any atom is -0.455 e. The number of benzene rings is 2. The van der Waals surface area contributed by atoms with Crippen molar-refractivity contribution in [1.29, 1.82) is 0 Å². The van der Waals surface area contributed by atoms with Crippen LogP contribution in [0.1, 0.15) is 27.9 Å². The number of hydrogen-bond donors (Lipinski definition) is 0. The Balaban J connectivity index is 1.95. The van der Waals surface area contributed by atoms with E-state index in [1.165, 1.54) is 17.5 Å². The van der Waals surface area contributed by atoms with Gasteiger partial charge in [-0.05, 0) is 54.7 Å². The fourth-order valence-corrected chi connectivity index (χ4v) is 2.68. The maximum atomic E-state index is 11.0. The number of carbonyl (C=O) groups is 1. The monoisotopic (exact) mass is 272 g/mol. The Morgan fingerprint density at radius 1 is 1.11 bits per heavy atom. The summed E-state index contributed by atoms with van der Waals surface area (Å²) in [6.07, 6.45) is 4.19. The average Bonchev–Trinajstić information content (AvgIpc) is 2.88. The van der Waals surface area contributed by atoms with E-state index >= 15 is 0 Å². The zero-order valence-electron chi connectivity index (χ0n) is 10.4. The first-order chi connectivity index (χ1) is 9.28. The molecule has 1 aliphatic rings. The second kappa shape index (κ2) is 5.06. The molecule has 0 heterocycles. The van der Waals surface area contributed by atoms with Gasteiger partial charge in [-0.2, -0.15) is 0 Å². The van der Waals surface area contributed by atoms with E-state index in [2.05, 4.69) is 6.07 Å². The largest absolute Gasteiger partial charge is 0.455 e. The van der Waals surface area contributed by atoms with Gasteiger partial charge in [0.1, 0.15) is 5.75 Å². The maximum Gasteiger partial charge on any atom is 0.156 e. The van der Waals surface area contributed by atoms with Gasteiger partial charge < -0.3 is 4.74 Å². The number of rotatable bonds is 3. The highest BCUT2D eigenvalue weighted by Crippen LogP contribution is 2.34. The van der Waals surface area contributed by atoms with E-state index in [4.69, 9.17) is 16.3 Å². The van der Waals surface area contributed by atoms with Crippen molar-refractivity contribution in [3.63, 3.8) is 0 Å². The molecule has 3 rings (SSSR count). The lowest BCUT2D eigenvalue weighted by Gasteiger charge is -2.11. The molecule has 0 amide bonds. The van der Waals surface area contributed by atoms with E-state index in [1.54, 1.807) is 18.2 Å². The van der Waals surface area contributed by atoms with Gasteiger partial charge in [0, 0.05) is 0 Å². The van der Waals surface area contributed by atoms with Gasteiger partial charge in [0.2, 0.25) is 0 Å². The van der Waals surface area contributed by atoms with Crippen molar-refractivity contribution in [3.8, 4) is 11.5 Å². The van der Waals surface area contributed by atoms with Gasteiger partial charge in [0.25, 0.3) is 0 Å². The topological polar surface area (TPSA) is 26.3 Å². The van der Waals surface area contributed by atoms with Crippen LogP contribution in [-0.4, -0.2) is 6.29 Å². The molecule has 0 aliphatic heterocycles. The predicted octanol–water partition coefficient (Wildman–Crippen LogP) is 4.43. The van der Waals surface area contributed by atoms with Crippen molar-refractivity contribution in [3.05, 3.63) is 58.1 Å². The number of halogens is 1. The Hall–Kier alpha value is -1.80. The molecule has 0 radical (unpaired) electrons. The van der Waals surface area contributed by atoms with Crippen LogP contribution in [0.4, 0.5) is 0 Å². The van der Waals surface area contributed by atoms with Crippen LogP contribution in [0.25, 0.3) is 0 Å². The van der Waals surface area contributed by atoms with Gasteiger partial charge in [-0.1, -0.05) is 23.7 Å². The molecule has 0 fully saturated rings. The Morgan fingerprint density at radius 3 is 2.79 bits per heavy atom. The molecule has 2 nitrogen and oxygen atoms in total. The lowest BCUT2D eigenvalue weighted by molar-refractivity contribution is 0.112. The molecule has 2 aromatic rings. The van der Waals surface area contributed by atoms with Crippen molar-refractivity contribution in [2.45, 2.75) is 19.3 Å². The second-order valence-corrected chi connectivity index (χ2v) is 5.07. The van der Waals surface area contributed by atoms with E-state index in [9.17, 15) is 4.79 Å². The number of ether oxygens (including phenoxy) is 1. The van der Waals surface area contributed by atoms with Crippen molar-refractivity contribution < 1.29 is 9.53 Å². The Kier molecular flexibility index (Phi) is 3.26. The molecule has 96 valence electrons. The smallest absolute Gasteiger partial charge is 0.156 e. The van der Waals surface area contributed by atoms with Gasteiger partial charge >= 0.3 is 0 Å². The van der Waals surface area contributed by atoms with Gasteiger partial charge in [0.15, 0.2) is 12.0 Å². The first kappa shape index (κ1) is 12.2. The molecular weight excluding hydrogens is 260 g/mol. The van der Waals surface area contributed by atoms with E-state index in [0.29, 0.717) is 16.3 Å². The van der Waals surface area contributed by atoms with Gasteiger partial charge in [-0.25, -0.2) is 0 Å². The molecule has 2 aromatic carbocycles. The molecular formula is C16H13ClO2. The normalized spacial score (nSPS) is 13.1. The Labute approximate surface area is 117 Å². The summed E-state index contributed by atoms with van der Waals surface area (Å²) in [5, 5.41) is 0.449. The van der Waals surface area contributed by atoms with E-state index in [0.717, 1.165) is 24.9 Å². The summed E-state index contributed by atoms with van der Waals surface area (Å²) in [7, 11) is 0. The Bertz CT molecular complexity index is 635. The van der Waals surface area contributed by atoms with Gasteiger partial charge in [-0.3, -0.25) is 4.79 Å². The number of para-hydroxylation sites is 1. The van der Waals surface area contributed by atoms with Crippen LogP contribution < -0.4 is 4.74 Å². The average molecular weight is 273 g/mol.